The minimum absolute atomic E-state index is 0.146. The molecule has 24 heavy (non-hydrogen) atoms. The number of carbonyl (C=O) groups is 2. The third kappa shape index (κ3) is 2.54. The Bertz CT molecular complexity index is 751. The first kappa shape index (κ1) is 16.4. The molecule has 3 nitrogen and oxygen atoms in total. The van der Waals surface area contributed by atoms with E-state index >= 15 is 0 Å². The number of carbonyl (C=O) groups excluding carboxylic acids is 2. The number of Topliss-reactive ketones (excluding diaryl/α,β-unsaturated/α-hetero) is 1. The highest BCUT2D eigenvalue weighted by atomic mass is 16.5. The number of ether oxygens (including phenoxy) is 1. The predicted molar refractivity (Wildman–Crippen MR) is 93.0 cm³/mol. The summed E-state index contributed by atoms with van der Waals surface area (Å²) in [6.07, 6.45) is 1.23. The van der Waals surface area contributed by atoms with E-state index in [1.165, 1.54) is 0 Å². The van der Waals surface area contributed by atoms with E-state index in [9.17, 15) is 9.59 Å². The van der Waals surface area contributed by atoms with Crippen LogP contribution in [0.5, 0.6) is 0 Å². The van der Waals surface area contributed by atoms with Gasteiger partial charge >= 0.3 is 5.97 Å². The molecule has 0 aromatic heterocycles. The number of benzene rings is 2. The van der Waals surface area contributed by atoms with Crippen LogP contribution in [0.25, 0.3) is 0 Å². The Hall–Kier alpha value is -2.42. The van der Waals surface area contributed by atoms with E-state index in [1.807, 2.05) is 61.5 Å². The smallest absolute Gasteiger partial charge is 0.321 e. The lowest BCUT2D eigenvalue weighted by Crippen LogP contribution is -2.43. The topological polar surface area (TPSA) is 43.4 Å². The lowest BCUT2D eigenvalue weighted by atomic mass is 9.62. The maximum Gasteiger partial charge on any atom is 0.321 e. The molecule has 0 aliphatic heterocycles. The van der Waals surface area contributed by atoms with Gasteiger partial charge in [0.1, 0.15) is 11.2 Å². The molecule has 1 aliphatic carbocycles. The van der Waals surface area contributed by atoms with Gasteiger partial charge in [-0.15, -0.1) is 0 Å². The van der Waals surface area contributed by atoms with Gasteiger partial charge in [0.25, 0.3) is 0 Å². The summed E-state index contributed by atoms with van der Waals surface area (Å²) in [6, 6.07) is 17.6. The number of hydrogen-bond donors (Lipinski definition) is 0. The van der Waals surface area contributed by atoms with Crippen LogP contribution in [0, 0.1) is 0 Å². The first-order valence-electron chi connectivity index (χ1n) is 8.44. The number of hydrogen-bond acceptors (Lipinski definition) is 3. The van der Waals surface area contributed by atoms with Gasteiger partial charge in [0.05, 0.1) is 6.61 Å². The summed E-state index contributed by atoms with van der Waals surface area (Å²) in [5, 5.41) is 0. The molecule has 124 valence electrons. The molecule has 0 fully saturated rings. The normalized spacial score (nSPS) is 22.5. The average molecular weight is 322 g/mol. The molecular formula is C21H22O3. The second kappa shape index (κ2) is 6.60. The van der Waals surface area contributed by atoms with Crippen molar-refractivity contribution >= 4 is 11.8 Å². The fraction of sp³-hybridized carbons (Fsp3) is 0.333. The van der Waals surface area contributed by atoms with Gasteiger partial charge < -0.3 is 4.74 Å². The molecule has 0 bridgehead atoms. The largest absolute Gasteiger partial charge is 0.465 e. The minimum atomic E-state index is -0.834. The molecule has 0 saturated carbocycles. The monoisotopic (exact) mass is 322 g/mol. The molecule has 0 radical (unpaired) electrons. The van der Waals surface area contributed by atoms with E-state index in [2.05, 4.69) is 0 Å². The van der Waals surface area contributed by atoms with E-state index in [0.717, 1.165) is 16.7 Å². The van der Waals surface area contributed by atoms with E-state index in [-0.39, 0.29) is 17.7 Å². The van der Waals surface area contributed by atoms with Crippen molar-refractivity contribution in [2.45, 2.75) is 38.0 Å². The highest BCUT2D eigenvalue weighted by Gasteiger charge is 2.48. The zero-order chi connectivity index (χ0) is 17.2. The third-order valence-corrected chi connectivity index (χ3v) is 4.99. The van der Waals surface area contributed by atoms with Gasteiger partial charge in [0, 0.05) is 5.92 Å². The van der Waals surface area contributed by atoms with Crippen molar-refractivity contribution in [1.82, 2.24) is 0 Å². The quantitative estimate of drug-likeness (QED) is 0.799. The summed E-state index contributed by atoms with van der Waals surface area (Å²) in [4.78, 5) is 25.1. The van der Waals surface area contributed by atoms with Crippen LogP contribution < -0.4 is 0 Å². The molecule has 0 unspecified atom stereocenters. The lowest BCUT2D eigenvalue weighted by molar-refractivity contribution is -0.149. The Morgan fingerprint density at radius 2 is 1.75 bits per heavy atom. The number of fused-ring (bicyclic) bond motifs is 1. The molecule has 0 heterocycles. The van der Waals surface area contributed by atoms with Crippen LogP contribution in [0.1, 0.15) is 49.3 Å². The molecule has 2 aromatic rings. The van der Waals surface area contributed by atoms with Crippen molar-refractivity contribution in [1.29, 1.82) is 0 Å². The van der Waals surface area contributed by atoms with Gasteiger partial charge in [-0.1, -0.05) is 54.6 Å². The second-order valence-electron chi connectivity index (χ2n) is 6.28. The maximum absolute atomic E-state index is 13.1. The molecule has 2 atom stereocenters. The second-order valence-corrected chi connectivity index (χ2v) is 6.28. The first-order valence-corrected chi connectivity index (χ1v) is 8.44. The Balaban J connectivity index is 2.25. The zero-order valence-corrected chi connectivity index (χ0v) is 14.1. The highest BCUT2D eigenvalue weighted by Crippen LogP contribution is 2.47. The zero-order valence-electron chi connectivity index (χ0n) is 14.1. The molecule has 0 spiro atoms. The molecule has 3 rings (SSSR count). The minimum Gasteiger partial charge on any atom is -0.465 e. The van der Waals surface area contributed by atoms with Crippen LogP contribution in [-0.4, -0.2) is 18.4 Å². The summed E-state index contributed by atoms with van der Waals surface area (Å²) in [5.74, 6) is -0.230. The Morgan fingerprint density at radius 3 is 2.42 bits per heavy atom. The standard InChI is InChI=1S/C21H22O3/c1-3-24-20(23)21(16-9-5-4-6-10-16)14-13-17(15(2)22)18-11-7-8-12-19(18)21/h4-12,17H,3,13-14H2,1-2H3/t17-,21-/m0/s1. The molecule has 1 aliphatic rings. The molecular weight excluding hydrogens is 300 g/mol. The van der Waals surface area contributed by atoms with Crippen molar-refractivity contribution in [3.63, 3.8) is 0 Å². The van der Waals surface area contributed by atoms with Gasteiger partial charge in [-0.05, 0) is 43.4 Å². The van der Waals surface area contributed by atoms with Gasteiger partial charge in [0.15, 0.2) is 0 Å². The van der Waals surface area contributed by atoms with Gasteiger partial charge in [-0.2, -0.15) is 0 Å². The van der Waals surface area contributed by atoms with E-state index in [0.29, 0.717) is 19.4 Å². The highest BCUT2D eigenvalue weighted by molar-refractivity contribution is 5.91. The average Bonchev–Trinajstić information content (AvgIpc) is 2.61. The van der Waals surface area contributed by atoms with Crippen molar-refractivity contribution in [3.8, 4) is 0 Å². The van der Waals surface area contributed by atoms with Crippen LogP contribution in [0.3, 0.4) is 0 Å². The number of esters is 1. The summed E-state index contributed by atoms with van der Waals surface area (Å²) in [5.41, 5.74) is 1.95. The predicted octanol–water partition coefficient (Wildman–Crippen LogP) is 4.00. The van der Waals surface area contributed by atoms with Gasteiger partial charge in [0.2, 0.25) is 0 Å². The summed E-state index contributed by atoms with van der Waals surface area (Å²) in [7, 11) is 0. The summed E-state index contributed by atoms with van der Waals surface area (Å²) >= 11 is 0. The number of rotatable bonds is 4. The molecule has 0 N–H and O–H groups in total. The number of ketones is 1. The van der Waals surface area contributed by atoms with Crippen LogP contribution in [0.4, 0.5) is 0 Å². The lowest BCUT2D eigenvalue weighted by Gasteiger charge is -2.40. The van der Waals surface area contributed by atoms with E-state index < -0.39 is 5.41 Å². The molecule has 3 heteroatoms. The van der Waals surface area contributed by atoms with Crippen LogP contribution in [0.15, 0.2) is 54.6 Å². The SMILES string of the molecule is CCOC(=O)[C@]1(c2ccccc2)CC[C@@H](C(C)=O)c2ccccc21. The molecule has 0 saturated heterocycles. The first-order chi connectivity index (χ1) is 11.6. The Morgan fingerprint density at radius 1 is 1.08 bits per heavy atom. The van der Waals surface area contributed by atoms with E-state index in [4.69, 9.17) is 4.74 Å². The van der Waals surface area contributed by atoms with Crippen LogP contribution in [-0.2, 0) is 19.7 Å². The van der Waals surface area contributed by atoms with E-state index in [1.54, 1.807) is 6.92 Å². The summed E-state index contributed by atoms with van der Waals surface area (Å²) < 4.78 is 5.47. The third-order valence-electron chi connectivity index (χ3n) is 4.99. The Labute approximate surface area is 142 Å². The van der Waals surface area contributed by atoms with Crippen molar-refractivity contribution in [2.24, 2.45) is 0 Å². The van der Waals surface area contributed by atoms with Gasteiger partial charge in [-0.3, -0.25) is 9.59 Å². The van der Waals surface area contributed by atoms with Crippen LogP contribution >= 0.6 is 0 Å². The fourth-order valence-electron chi connectivity index (χ4n) is 3.87. The molecule has 2 aromatic carbocycles. The van der Waals surface area contributed by atoms with Crippen molar-refractivity contribution in [3.05, 3.63) is 71.3 Å². The fourth-order valence-corrected chi connectivity index (χ4v) is 3.87. The Kier molecular flexibility index (Phi) is 4.52. The summed E-state index contributed by atoms with van der Waals surface area (Å²) in [6.45, 7) is 3.79. The van der Waals surface area contributed by atoms with Gasteiger partial charge in [-0.25, -0.2) is 0 Å². The maximum atomic E-state index is 13.1. The van der Waals surface area contributed by atoms with Crippen LogP contribution in [0.2, 0.25) is 0 Å². The van der Waals surface area contributed by atoms with Crippen molar-refractivity contribution < 1.29 is 14.3 Å². The molecule has 0 amide bonds. The van der Waals surface area contributed by atoms with Crippen molar-refractivity contribution in [2.75, 3.05) is 6.61 Å².